The Hall–Kier alpha value is -0.410. The molecule has 0 atom stereocenters. The van der Waals surface area contributed by atoms with Gasteiger partial charge in [-0.15, -0.1) is 0 Å². The Morgan fingerprint density at radius 1 is 1.25 bits per heavy atom. The van der Waals surface area contributed by atoms with Crippen molar-refractivity contribution < 1.29 is 4.79 Å². The molecule has 0 aliphatic heterocycles. The van der Waals surface area contributed by atoms with Gasteiger partial charge in [0.25, 0.3) is 0 Å². The molecule has 0 bridgehead atoms. The molecule has 62 valence electrons. The molecular weight excluding hydrogens is 284 g/mol. The molecule has 0 N–H and O–H groups in total. The van der Waals surface area contributed by atoms with Crippen LogP contribution in [0.2, 0.25) is 0 Å². The van der Waals surface area contributed by atoms with Gasteiger partial charge < -0.3 is 0 Å². The highest BCUT2D eigenvalue weighted by Gasteiger charge is 1.91. The van der Waals surface area contributed by atoms with Gasteiger partial charge in [-0.05, 0) is 49.6 Å². The zero-order valence-electron chi connectivity index (χ0n) is 6.13. The van der Waals surface area contributed by atoms with Crippen molar-refractivity contribution in [2.45, 2.75) is 0 Å². The SMILES string of the molecule is O=Cc1cccc(C=C(Br)Br)c1. The first-order valence-corrected chi connectivity index (χ1v) is 4.89. The van der Waals surface area contributed by atoms with E-state index in [4.69, 9.17) is 0 Å². The Kier molecular flexibility index (Phi) is 3.69. The highest BCUT2D eigenvalue weighted by Crippen LogP contribution is 2.18. The minimum Gasteiger partial charge on any atom is -0.298 e. The summed E-state index contributed by atoms with van der Waals surface area (Å²) in [4.78, 5) is 10.4. The zero-order chi connectivity index (χ0) is 8.97. The number of rotatable bonds is 2. The molecule has 0 unspecified atom stereocenters. The summed E-state index contributed by atoms with van der Waals surface area (Å²) in [7, 11) is 0. The minimum atomic E-state index is 0.685. The summed E-state index contributed by atoms with van der Waals surface area (Å²) in [5.74, 6) is 0. The number of halogens is 2. The van der Waals surface area contributed by atoms with Crippen molar-refractivity contribution >= 4 is 44.2 Å². The number of benzene rings is 1. The third-order valence-corrected chi connectivity index (χ3v) is 1.78. The maximum atomic E-state index is 10.4. The van der Waals surface area contributed by atoms with E-state index in [1.165, 1.54) is 0 Å². The lowest BCUT2D eigenvalue weighted by molar-refractivity contribution is 0.112. The second-order valence-electron chi connectivity index (χ2n) is 2.22. The first kappa shape index (κ1) is 9.68. The average molecular weight is 290 g/mol. The molecule has 1 rings (SSSR count). The van der Waals surface area contributed by atoms with E-state index in [9.17, 15) is 4.79 Å². The van der Waals surface area contributed by atoms with E-state index in [0.29, 0.717) is 5.56 Å². The second-order valence-corrected chi connectivity index (χ2v) is 4.99. The molecule has 3 heteroatoms. The molecule has 1 aromatic carbocycles. The molecule has 0 fully saturated rings. The fraction of sp³-hybridized carbons (Fsp3) is 0. The van der Waals surface area contributed by atoms with E-state index in [2.05, 4.69) is 31.9 Å². The van der Waals surface area contributed by atoms with Gasteiger partial charge in [-0.2, -0.15) is 0 Å². The van der Waals surface area contributed by atoms with Crippen LogP contribution in [0.5, 0.6) is 0 Å². The highest BCUT2D eigenvalue weighted by atomic mass is 79.9. The van der Waals surface area contributed by atoms with Crippen LogP contribution in [0, 0.1) is 0 Å². The van der Waals surface area contributed by atoms with Crippen LogP contribution in [-0.4, -0.2) is 6.29 Å². The lowest BCUT2D eigenvalue weighted by Crippen LogP contribution is -1.79. The van der Waals surface area contributed by atoms with Crippen LogP contribution in [0.25, 0.3) is 6.08 Å². The number of hydrogen-bond acceptors (Lipinski definition) is 1. The molecule has 0 saturated carbocycles. The summed E-state index contributed by atoms with van der Waals surface area (Å²) in [6.07, 6.45) is 2.71. The molecule has 0 spiro atoms. The van der Waals surface area contributed by atoms with Gasteiger partial charge in [0, 0.05) is 5.56 Å². The Morgan fingerprint density at radius 2 is 1.92 bits per heavy atom. The minimum absolute atomic E-state index is 0.685. The first-order chi connectivity index (χ1) is 5.72. The van der Waals surface area contributed by atoms with Crippen molar-refractivity contribution in [3.05, 3.63) is 38.8 Å². The molecule has 0 aliphatic rings. The van der Waals surface area contributed by atoms with Crippen LogP contribution < -0.4 is 0 Å². The lowest BCUT2D eigenvalue weighted by Gasteiger charge is -1.93. The molecule has 0 radical (unpaired) electrons. The van der Waals surface area contributed by atoms with E-state index in [0.717, 1.165) is 15.2 Å². The summed E-state index contributed by atoms with van der Waals surface area (Å²) in [5.41, 5.74) is 1.67. The number of aldehydes is 1. The Bertz CT molecular complexity index is 314. The third kappa shape index (κ3) is 2.91. The normalized spacial score (nSPS) is 9.17. The number of carbonyl (C=O) groups is 1. The van der Waals surface area contributed by atoms with Crippen LogP contribution >= 0.6 is 31.9 Å². The fourth-order valence-electron chi connectivity index (χ4n) is 0.848. The quantitative estimate of drug-likeness (QED) is 0.761. The monoisotopic (exact) mass is 288 g/mol. The molecule has 0 aliphatic carbocycles. The van der Waals surface area contributed by atoms with E-state index >= 15 is 0 Å². The Morgan fingerprint density at radius 3 is 2.50 bits per heavy atom. The van der Waals surface area contributed by atoms with Crippen molar-refractivity contribution in [1.82, 2.24) is 0 Å². The predicted octanol–water partition coefficient (Wildman–Crippen LogP) is 3.59. The Labute approximate surface area is 87.7 Å². The summed E-state index contributed by atoms with van der Waals surface area (Å²) < 4.78 is 0.859. The second kappa shape index (κ2) is 4.58. The van der Waals surface area contributed by atoms with Crippen LogP contribution in [0.4, 0.5) is 0 Å². The standard InChI is InChI=1S/C9H6Br2O/c10-9(11)5-7-2-1-3-8(4-7)6-12/h1-6H. The summed E-state index contributed by atoms with van der Waals surface area (Å²) >= 11 is 6.49. The Balaban J connectivity index is 3.02. The third-order valence-electron chi connectivity index (χ3n) is 1.32. The molecule has 0 aromatic heterocycles. The largest absolute Gasteiger partial charge is 0.298 e. The van der Waals surface area contributed by atoms with Crippen LogP contribution in [0.1, 0.15) is 15.9 Å². The van der Waals surface area contributed by atoms with E-state index in [1.807, 2.05) is 24.3 Å². The average Bonchev–Trinajstić information content (AvgIpc) is 2.03. The smallest absolute Gasteiger partial charge is 0.150 e. The van der Waals surface area contributed by atoms with E-state index < -0.39 is 0 Å². The van der Waals surface area contributed by atoms with Crippen molar-refractivity contribution in [2.75, 3.05) is 0 Å². The van der Waals surface area contributed by atoms with E-state index in [1.54, 1.807) is 6.07 Å². The van der Waals surface area contributed by atoms with Gasteiger partial charge in [0.05, 0.1) is 3.39 Å². The maximum absolute atomic E-state index is 10.4. The summed E-state index contributed by atoms with van der Waals surface area (Å²) in [5, 5.41) is 0. The van der Waals surface area contributed by atoms with Crippen molar-refractivity contribution in [1.29, 1.82) is 0 Å². The van der Waals surface area contributed by atoms with Gasteiger partial charge in [0.1, 0.15) is 6.29 Å². The van der Waals surface area contributed by atoms with Crippen molar-refractivity contribution in [2.24, 2.45) is 0 Å². The molecule has 1 nitrogen and oxygen atoms in total. The van der Waals surface area contributed by atoms with Gasteiger partial charge in [-0.25, -0.2) is 0 Å². The molecule has 12 heavy (non-hydrogen) atoms. The van der Waals surface area contributed by atoms with E-state index in [-0.39, 0.29) is 0 Å². The van der Waals surface area contributed by atoms with Gasteiger partial charge in [-0.3, -0.25) is 4.79 Å². The fourth-order valence-corrected chi connectivity index (χ4v) is 1.38. The number of hydrogen-bond donors (Lipinski definition) is 0. The molecule has 0 saturated heterocycles. The van der Waals surface area contributed by atoms with Gasteiger partial charge in [-0.1, -0.05) is 18.2 Å². The van der Waals surface area contributed by atoms with Gasteiger partial charge in [0.2, 0.25) is 0 Å². The number of carbonyl (C=O) groups excluding carboxylic acids is 1. The summed E-state index contributed by atoms with van der Waals surface area (Å²) in [6, 6.07) is 7.36. The predicted molar refractivity (Wildman–Crippen MR) is 57.7 cm³/mol. The van der Waals surface area contributed by atoms with Crippen LogP contribution in [0.15, 0.2) is 27.7 Å². The van der Waals surface area contributed by atoms with Crippen LogP contribution in [-0.2, 0) is 0 Å². The first-order valence-electron chi connectivity index (χ1n) is 3.30. The molecular formula is C9H6Br2O. The topological polar surface area (TPSA) is 17.1 Å². The highest BCUT2D eigenvalue weighted by molar-refractivity contribution is 9.28. The van der Waals surface area contributed by atoms with Crippen molar-refractivity contribution in [3.63, 3.8) is 0 Å². The van der Waals surface area contributed by atoms with Gasteiger partial charge >= 0.3 is 0 Å². The lowest BCUT2D eigenvalue weighted by atomic mass is 10.1. The summed E-state index contributed by atoms with van der Waals surface area (Å²) in [6.45, 7) is 0. The molecule has 1 aromatic rings. The van der Waals surface area contributed by atoms with Crippen molar-refractivity contribution in [3.8, 4) is 0 Å². The van der Waals surface area contributed by atoms with Gasteiger partial charge in [0.15, 0.2) is 0 Å². The zero-order valence-corrected chi connectivity index (χ0v) is 9.30. The van der Waals surface area contributed by atoms with Crippen LogP contribution in [0.3, 0.4) is 0 Å². The molecule has 0 heterocycles. The maximum Gasteiger partial charge on any atom is 0.150 e. The molecule has 0 amide bonds.